The van der Waals surface area contributed by atoms with Gasteiger partial charge < -0.3 is 11.5 Å². The van der Waals surface area contributed by atoms with Crippen molar-refractivity contribution < 1.29 is 14.4 Å². The normalized spacial score (nSPS) is 12.2. The Morgan fingerprint density at radius 2 is 2.18 bits per heavy atom. The molecule has 0 heterocycles. The van der Waals surface area contributed by atoms with Gasteiger partial charge in [0, 0.05) is 0 Å². The first kappa shape index (κ1) is 9.86. The number of hydroxylamine groups is 1. The minimum Gasteiger partial charge on any atom is -0.368 e. The third-order valence-electron chi connectivity index (χ3n) is 0.801. The van der Waals surface area contributed by atoms with Gasteiger partial charge in [0.15, 0.2) is 6.61 Å². The molecule has 0 unspecified atom stereocenters. The highest BCUT2D eigenvalue weighted by Gasteiger charge is 2.06. The van der Waals surface area contributed by atoms with E-state index in [0.29, 0.717) is 0 Å². The van der Waals surface area contributed by atoms with E-state index in [1.54, 1.807) is 0 Å². The van der Waals surface area contributed by atoms with Gasteiger partial charge in [-0.3, -0.25) is 14.4 Å². The Hall–Kier alpha value is -1.14. The average molecular weight is 161 g/mol. The summed E-state index contributed by atoms with van der Waals surface area (Å²) in [5.74, 6) is -1.15. The SMILES string of the molecule is C[C@H](N)C(=O)NOCC(N)=O. The maximum Gasteiger partial charge on any atom is 0.260 e. The van der Waals surface area contributed by atoms with Crippen LogP contribution in [-0.4, -0.2) is 24.5 Å². The van der Waals surface area contributed by atoms with Crippen LogP contribution in [0.15, 0.2) is 0 Å². The Balaban J connectivity index is 3.39. The molecule has 5 N–H and O–H groups in total. The zero-order valence-corrected chi connectivity index (χ0v) is 6.16. The Labute approximate surface area is 63.8 Å². The topological polar surface area (TPSA) is 107 Å². The summed E-state index contributed by atoms with van der Waals surface area (Å²) in [6.07, 6.45) is 0. The van der Waals surface area contributed by atoms with E-state index < -0.39 is 17.9 Å². The van der Waals surface area contributed by atoms with E-state index in [-0.39, 0.29) is 6.61 Å². The van der Waals surface area contributed by atoms with Crippen molar-refractivity contribution in [1.82, 2.24) is 5.48 Å². The Morgan fingerprint density at radius 1 is 1.64 bits per heavy atom. The molecule has 0 aliphatic heterocycles. The van der Waals surface area contributed by atoms with Gasteiger partial charge >= 0.3 is 0 Å². The zero-order valence-electron chi connectivity index (χ0n) is 6.16. The van der Waals surface area contributed by atoms with Crippen LogP contribution in [0, 0.1) is 0 Å². The van der Waals surface area contributed by atoms with Crippen LogP contribution in [0.3, 0.4) is 0 Å². The highest BCUT2D eigenvalue weighted by molar-refractivity contribution is 5.80. The van der Waals surface area contributed by atoms with Gasteiger partial charge in [-0.05, 0) is 6.92 Å². The predicted octanol–water partition coefficient (Wildman–Crippen LogP) is -2.13. The van der Waals surface area contributed by atoms with Crippen LogP contribution in [0.25, 0.3) is 0 Å². The van der Waals surface area contributed by atoms with Crippen molar-refractivity contribution in [1.29, 1.82) is 0 Å². The standard InChI is InChI=1S/C5H11N3O3/c1-3(6)5(10)8-11-2-4(7)9/h3H,2,6H2,1H3,(H2,7,9)(H,8,10)/t3-/m0/s1. The van der Waals surface area contributed by atoms with E-state index >= 15 is 0 Å². The summed E-state index contributed by atoms with van der Waals surface area (Å²) in [7, 11) is 0. The molecule has 0 bridgehead atoms. The van der Waals surface area contributed by atoms with Gasteiger partial charge in [-0.25, -0.2) is 5.48 Å². The number of hydrogen-bond donors (Lipinski definition) is 3. The molecule has 0 radical (unpaired) electrons. The predicted molar refractivity (Wildman–Crippen MR) is 36.9 cm³/mol. The summed E-state index contributed by atoms with van der Waals surface area (Å²) in [6, 6.07) is -0.664. The molecule has 6 nitrogen and oxygen atoms in total. The van der Waals surface area contributed by atoms with E-state index in [0.717, 1.165) is 0 Å². The van der Waals surface area contributed by atoms with Crippen molar-refractivity contribution in [2.45, 2.75) is 13.0 Å². The van der Waals surface area contributed by atoms with Crippen molar-refractivity contribution in [3.8, 4) is 0 Å². The molecule has 0 fully saturated rings. The average Bonchev–Trinajstić information content (AvgIpc) is 1.86. The molecular formula is C5H11N3O3. The van der Waals surface area contributed by atoms with Crippen LogP contribution in [0.4, 0.5) is 0 Å². The number of rotatable bonds is 4. The summed E-state index contributed by atoms with van der Waals surface area (Å²) >= 11 is 0. The van der Waals surface area contributed by atoms with Crippen molar-refractivity contribution in [3.05, 3.63) is 0 Å². The quantitative estimate of drug-likeness (QED) is 0.409. The Morgan fingerprint density at radius 3 is 2.55 bits per heavy atom. The number of nitrogens with two attached hydrogens (primary N) is 2. The van der Waals surface area contributed by atoms with Crippen LogP contribution in [-0.2, 0) is 14.4 Å². The number of primary amides is 1. The maximum absolute atomic E-state index is 10.6. The van der Waals surface area contributed by atoms with Crippen LogP contribution < -0.4 is 16.9 Å². The van der Waals surface area contributed by atoms with E-state index in [4.69, 9.17) is 11.5 Å². The van der Waals surface area contributed by atoms with Crippen LogP contribution >= 0.6 is 0 Å². The van der Waals surface area contributed by atoms with Gasteiger partial charge in [0.25, 0.3) is 5.91 Å². The lowest BCUT2D eigenvalue weighted by molar-refractivity contribution is -0.138. The summed E-state index contributed by atoms with van der Waals surface area (Å²) in [5.41, 5.74) is 11.8. The van der Waals surface area contributed by atoms with E-state index in [9.17, 15) is 9.59 Å². The molecule has 0 aliphatic rings. The number of amides is 2. The molecule has 0 aromatic rings. The smallest absolute Gasteiger partial charge is 0.260 e. The fraction of sp³-hybridized carbons (Fsp3) is 0.600. The van der Waals surface area contributed by atoms with Crippen LogP contribution in [0.1, 0.15) is 6.92 Å². The largest absolute Gasteiger partial charge is 0.368 e. The van der Waals surface area contributed by atoms with Gasteiger partial charge in [-0.15, -0.1) is 0 Å². The van der Waals surface area contributed by atoms with Crippen LogP contribution in [0.5, 0.6) is 0 Å². The molecule has 6 heteroatoms. The van der Waals surface area contributed by atoms with Gasteiger partial charge in [0.05, 0.1) is 6.04 Å². The van der Waals surface area contributed by atoms with Crippen molar-refractivity contribution in [3.63, 3.8) is 0 Å². The first-order chi connectivity index (χ1) is 5.04. The summed E-state index contributed by atoms with van der Waals surface area (Å²) in [4.78, 5) is 25.0. The van der Waals surface area contributed by atoms with Gasteiger partial charge in [0.2, 0.25) is 5.91 Å². The number of carbonyl (C=O) groups is 2. The number of carbonyl (C=O) groups excluding carboxylic acids is 2. The lowest BCUT2D eigenvalue weighted by Crippen LogP contribution is -2.39. The van der Waals surface area contributed by atoms with Gasteiger partial charge in [-0.2, -0.15) is 0 Å². The Bertz CT molecular complexity index is 157. The first-order valence-electron chi connectivity index (χ1n) is 2.99. The molecule has 0 aliphatic carbocycles. The van der Waals surface area contributed by atoms with Crippen molar-refractivity contribution in [2.75, 3.05) is 6.61 Å². The summed E-state index contributed by atoms with van der Waals surface area (Å²) in [6.45, 7) is 1.14. The summed E-state index contributed by atoms with van der Waals surface area (Å²) in [5, 5.41) is 0. The minimum atomic E-state index is -0.664. The second kappa shape index (κ2) is 4.64. The lowest BCUT2D eigenvalue weighted by atomic mass is 10.4. The monoisotopic (exact) mass is 161 g/mol. The maximum atomic E-state index is 10.6. The molecule has 0 spiro atoms. The van der Waals surface area contributed by atoms with Gasteiger partial charge in [-0.1, -0.05) is 0 Å². The summed E-state index contributed by atoms with van der Waals surface area (Å²) < 4.78 is 0. The van der Waals surface area contributed by atoms with E-state index in [1.807, 2.05) is 5.48 Å². The number of hydrogen-bond acceptors (Lipinski definition) is 4. The third kappa shape index (κ3) is 5.31. The second-order valence-electron chi connectivity index (χ2n) is 2.01. The third-order valence-corrected chi connectivity index (χ3v) is 0.801. The van der Waals surface area contributed by atoms with Crippen LogP contribution in [0.2, 0.25) is 0 Å². The molecule has 1 atom stereocenters. The van der Waals surface area contributed by atoms with Crippen molar-refractivity contribution in [2.24, 2.45) is 11.5 Å². The molecule has 0 aromatic carbocycles. The van der Waals surface area contributed by atoms with E-state index in [1.165, 1.54) is 6.92 Å². The number of nitrogens with one attached hydrogen (secondary N) is 1. The lowest BCUT2D eigenvalue weighted by Gasteiger charge is -2.05. The molecule has 2 amide bonds. The Kier molecular flexibility index (Phi) is 4.16. The minimum absolute atomic E-state index is 0.349. The molecule has 64 valence electrons. The fourth-order valence-corrected chi connectivity index (χ4v) is 0.271. The van der Waals surface area contributed by atoms with E-state index in [2.05, 4.69) is 4.84 Å². The highest BCUT2D eigenvalue weighted by atomic mass is 16.7. The second-order valence-corrected chi connectivity index (χ2v) is 2.01. The molecule has 0 rings (SSSR count). The van der Waals surface area contributed by atoms with Gasteiger partial charge in [0.1, 0.15) is 0 Å². The molecule has 0 saturated heterocycles. The highest BCUT2D eigenvalue weighted by Crippen LogP contribution is 1.74. The fourth-order valence-electron chi connectivity index (χ4n) is 0.271. The van der Waals surface area contributed by atoms with Crippen molar-refractivity contribution >= 4 is 11.8 Å². The molecular weight excluding hydrogens is 150 g/mol. The first-order valence-corrected chi connectivity index (χ1v) is 2.99. The zero-order chi connectivity index (χ0) is 8.85. The molecule has 0 aromatic heterocycles. The molecule has 0 saturated carbocycles. The molecule has 11 heavy (non-hydrogen) atoms.